The van der Waals surface area contributed by atoms with Crippen molar-refractivity contribution in [1.82, 2.24) is 0 Å². The molecule has 1 saturated carbocycles. The second kappa shape index (κ2) is 4.98. The normalized spacial score (nSPS) is 32.7. The summed E-state index contributed by atoms with van der Waals surface area (Å²) in [7, 11) is 0. The van der Waals surface area contributed by atoms with E-state index in [4.69, 9.17) is 0 Å². The highest BCUT2D eigenvalue weighted by atomic mass is 19.4. The van der Waals surface area contributed by atoms with Gasteiger partial charge in [0.1, 0.15) is 0 Å². The van der Waals surface area contributed by atoms with Gasteiger partial charge in [-0.25, -0.2) is 0 Å². The van der Waals surface area contributed by atoms with E-state index in [2.05, 4.69) is 6.07 Å². The molecule has 1 radical (unpaired) electrons. The minimum absolute atomic E-state index is 0.0807. The first-order valence-corrected chi connectivity index (χ1v) is 7.35. The fourth-order valence-electron chi connectivity index (χ4n) is 3.51. The highest BCUT2D eigenvalue weighted by Gasteiger charge is 2.60. The van der Waals surface area contributed by atoms with Crippen LogP contribution in [0, 0.1) is 11.5 Å². The highest BCUT2D eigenvalue weighted by molar-refractivity contribution is 5.99. The number of halogens is 3. The Kier molecular flexibility index (Phi) is 3.47. The largest absolute Gasteiger partial charge is 0.417 e. The SMILES string of the molecule is O=C1N(c2cc[c]cc2)CCC12CCC(O)(C(F)(F)F)CC2. The first kappa shape index (κ1) is 15.3. The third-order valence-electron chi connectivity index (χ3n) is 5.09. The minimum atomic E-state index is -4.63. The molecule has 0 unspecified atom stereocenters. The number of hydrogen-bond donors (Lipinski definition) is 1. The van der Waals surface area contributed by atoms with Gasteiger partial charge in [0, 0.05) is 12.2 Å². The molecule has 22 heavy (non-hydrogen) atoms. The maximum atomic E-state index is 12.9. The van der Waals surface area contributed by atoms with E-state index in [-0.39, 0.29) is 18.7 Å². The molecule has 119 valence electrons. The molecule has 0 aromatic heterocycles. The number of amides is 1. The molecule has 3 rings (SSSR count). The molecule has 1 saturated heterocycles. The fourth-order valence-corrected chi connectivity index (χ4v) is 3.51. The molecule has 2 fully saturated rings. The van der Waals surface area contributed by atoms with Gasteiger partial charge in [-0.15, -0.1) is 0 Å². The van der Waals surface area contributed by atoms with Crippen LogP contribution in [-0.4, -0.2) is 29.3 Å². The van der Waals surface area contributed by atoms with Gasteiger partial charge in [-0.1, -0.05) is 12.1 Å². The molecular formula is C16H17F3NO2. The number of aliphatic hydroxyl groups is 1. The van der Waals surface area contributed by atoms with Crippen LogP contribution in [0.5, 0.6) is 0 Å². The number of rotatable bonds is 1. The molecule has 1 aliphatic carbocycles. The van der Waals surface area contributed by atoms with Gasteiger partial charge in [-0.05, 0) is 50.3 Å². The van der Waals surface area contributed by atoms with Gasteiger partial charge in [0.15, 0.2) is 5.60 Å². The van der Waals surface area contributed by atoms with Gasteiger partial charge in [-0.3, -0.25) is 4.79 Å². The lowest BCUT2D eigenvalue weighted by Crippen LogP contribution is -2.51. The topological polar surface area (TPSA) is 40.5 Å². The number of benzene rings is 1. The summed E-state index contributed by atoms with van der Waals surface area (Å²) in [5.74, 6) is -0.122. The summed E-state index contributed by atoms with van der Waals surface area (Å²) < 4.78 is 38.7. The Bertz CT molecular complexity index is 563. The van der Waals surface area contributed by atoms with Gasteiger partial charge < -0.3 is 10.0 Å². The van der Waals surface area contributed by atoms with Gasteiger partial charge in [-0.2, -0.15) is 13.2 Å². The van der Waals surface area contributed by atoms with E-state index in [0.29, 0.717) is 13.0 Å². The third-order valence-corrected chi connectivity index (χ3v) is 5.09. The summed E-state index contributed by atoms with van der Waals surface area (Å²) in [4.78, 5) is 14.3. The van der Waals surface area contributed by atoms with Crippen LogP contribution in [0.25, 0.3) is 0 Å². The average molecular weight is 312 g/mol. The van der Waals surface area contributed by atoms with Crippen molar-refractivity contribution in [1.29, 1.82) is 0 Å². The summed E-state index contributed by atoms with van der Waals surface area (Å²) in [5, 5.41) is 9.77. The van der Waals surface area contributed by atoms with Crippen LogP contribution in [0.3, 0.4) is 0 Å². The molecule has 1 aromatic carbocycles. The first-order chi connectivity index (χ1) is 10.3. The zero-order chi connectivity index (χ0) is 16.0. The predicted octanol–water partition coefficient (Wildman–Crippen LogP) is 3.08. The fraction of sp³-hybridized carbons (Fsp3) is 0.562. The Morgan fingerprint density at radius 1 is 1.09 bits per heavy atom. The van der Waals surface area contributed by atoms with Crippen LogP contribution in [0.15, 0.2) is 24.3 Å². The Labute approximate surface area is 126 Å². The average Bonchev–Trinajstić information content (AvgIpc) is 2.80. The van der Waals surface area contributed by atoms with Crippen LogP contribution in [0.1, 0.15) is 32.1 Å². The van der Waals surface area contributed by atoms with E-state index in [9.17, 15) is 23.1 Å². The summed E-state index contributed by atoms with van der Waals surface area (Å²) in [6.07, 6.45) is -4.74. The maximum absolute atomic E-state index is 12.9. The van der Waals surface area contributed by atoms with Gasteiger partial charge in [0.2, 0.25) is 5.91 Å². The lowest BCUT2D eigenvalue weighted by atomic mass is 9.67. The van der Waals surface area contributed by atoms with Crippen LogP contribution in [0.4, 0.5) is 18.9 Å². The van der Waals surface area contributed by atoms with Crippen molar-refractivity contribution in [3.05, 3.63) is 30.3 Å². The molecule has 0 bridgehead atoms. The number of alkyl halides is 3. The monoisotopic (exact) mass is 312 g/mol. The molecule has 2 aliphatic rings. The zero-order valence-electron chi connectivity index (χ0n) is 12.0. The molecule has 6 heteroatoms. The highest BCUT2D eigenvalue weighted by Crippen LogP contribution is 2.52. The number of carbonyl (C=O) groups excluding carboxylic acids is 1. The first-order valence-electron chi connectivity index (χ1n) is 7.35. The van der Waals surface area contributed by atoms with Crippen LogP contribution in [-0.2, 0) is 4.79 Å². The molecule has 1 N–H and O–H groups in total. The van der Waals surface area contributed by atoms with Crippen molar-refractivity contribution in [2.45, 2.75) is 43.9 Å². The van der Waals surface area contributed by atoms with E-state index < -0.39 is 30.0 Å². The summed E-state index contributed by atoms with van der Waals surface area (Å²) in [6.45, 7) is 0.507. The lowest BCUT2D eigenvalue weighted by molar-refractivity contribution is -0.274. The minimum Gasteiger partial charge on any atom is -0.380 e. The lowest BCUT2D eigenvalue weighted by Gasteiger charge is -2.41. The second-order valence-electron chi connectivity index (χ2n) is 6.27. The third kappa shape index (κ3) is 2.29. The quantitative estimate of drug-likeness (QED) is 0.866. The zero-order valence-corrected chi connectivity index (χ0v) is 12.0. The molecule has 1 aromatic rings. The number of nitrogens with zero attached hydrogens (tertiary/aromatic N) is 1. The van der Waals surface area contributed by atoms with Gasteiger partial charge in [0.25, 0.3) is 0 Å². The van der Waals surface area contributed by atoms with Crippen molar-refractivity contribution in [2.24, 2.45) is 5.41 Å². The molecule has 0 atom stereocenters. The Morgan fingerprint density at radius 2 is 1.68 bits per heavy atom. The Hall–Kier alpha value is -1.56. The molecule has 1 spiro atoms. The van der Waals surface area contributed by atoms with E-state index in [1.54, 1.807) is 29.2 Å². The molecule has 1 amide bonds. The standard InChI is InChI=1S/C16H17F3NO2/c17-16(18,19)15(22)8-6-14(7-9-15)10-11-20(13(14)21)12-4-2-1-3-5-12/h2-5,22H,6-11H2. The van der Waals surface area contributed by atoms with Crippen molar-refractivity contribution in [2.75, 3.05) is 11.4 Å². The number of hydrogen-bond acceptors (Lipinski definition) is 2. The van der Waals surface area contributed by atoms with Crippen molar-refractivity contribution >= 4 is 11.6 Å². The molecule has 1 aliphatic heterocycles. The molecule has 1 heterocycles. The van der Waals surface area contributed by atoms with E-state index in [1.807, 2.05) is 0 Å². The van der Waals surface area contributed by atoms with Crippen LogP contribution in [0.2, 0.25) is 0 Å². The smallest absolute Gasteiger partial charge is 0.380 e. The Morgan fingerprint density at radius 3 is 2.23 bits per heavy atom. The Balaban J connectivity index is 1.77. The van der Waals surface area contributed by atoms with Crippen molar-refractivity contribution < 1.29 is 23.1 Å². The molecule has 3 nitrogen and oxygen atoms in total. The summed E-state index contributed by atoms with van der Waals surface area (Å²) in [6, 6.07) is 9.82. The maximum Gasteiger partial charge on any atom is 0.417 e. The van der Waals surface area contributed by atoms with E-state index in [1.165, 1.54) is 0 Å². The number of carbonyl (C=O) groups is 1. The van der Waals surface area contributed by atoms with Crippen LogP contribution < -0.4 is 4.90 Å². The van der Waals surface area contributed by atoms with E-state index >= 15 is 0 Å². The number of anilines is 1. The van der Waals surface area contributed by atoms with Crippen molar-refractivity contribution in [3.63, 3.8) is 0 Å². The van der Waals surface area contributed by atoms with E-state index in [0.717, 1.165) is 5.69 Å². The van der Waals surface area contributed by atoms with Gasteiger partial charge >= 0.3 is 6.18 Å². The second-order valence-corrected chi connectivity index (χ2v) is 6.27. The van der Waals surface area contributed by atoms with Crippen molar-refractivity contribution in [3.8, 4) is 0 Å². The summed E-state index contributed by atoms with van der Waals surface area (Å²) in [5.41, 5.74) is -2.65. The molecular weight excluding hydrogens is 295 g/mol. The van der Waals surface area contributed by atoms with Crippen LogP contribution >= 0.6 is 0 Å². The van der Waals surface area contributed by atoms with Gasteiger partial charge in [0.05, 0.1) is 5.41 Å². The predicted molar refractivity (Wildman–Crippen MR) is 74.2 cm³/mol. The summed E-state index contributed by atoms with van der Waals surface area (Å²) >= 11 is 0.